The Morgan fingerprint density at radius 2 is 1.67 bits per heavy atom. The largest absolute Gasteiger partial charge is 0.370 e. The van der Waals surface area contributed by atoms with Gasteiger partial charge in [0.1, 0.15) is 18.1 Å². The fraction of sp³-hybridized carbons (Fsp3) is 0.552. The third kappa shape index (κ3) is 10.1. The van der Waals surface area contributed by atoms with Crippen LogP contribution in [0.3, 0.4) is 0 Å². The molecule has 0 aromatic heterocycles. The molecule has 2 aliphatic heterocycles. The topological polar surface area (TPSA) is 218 Å². The first kappa shape index (κ1) is 33.0. The molecule has 3 rings (SSSR count). The maximum Gasteiger partial charge on any atom is 0.290 e. The number of ketones is 1. The fourth-order valence-electron chi connectivity index (χ4n) is 5.13. The van der Waals surface area contributed by atoms with Crippen molar-refractivity contribution in [2.45, 2.75) is 82.5 Å². The van der Waals surface area contributed by atoms with Crippen molar-refractivity contribution in [2.75, 3.05) is 19.6 Å². The second-order valence-electron chi connectivity index (χ2n) is 10.8. The van der Waals surface area contributed by atoms with Gasteiger partial charge in [0, 0.05) is 32.5 Å². The Morgan fingerprint density at radius 3 is 2.40 bits per heavy atom. The molecule has 8 N–H and O–H groups in total. The van der Waals surface area contributed by atoms with Crippen LogP contribution < -0.4 is 32.7 Å². The van der Waals surface area contributed by atoms with E-state index in [0.717, 1.165) is 5.56 Å². The minimum atomic E-state index is -1.24. The summed E-state index contributed by atoms with van der Waals surface area (Å²) in [5, 5.41) is 10.6. The smallest absolute Gasteiger partial charge is 0.290 e. The standard InChI is InChI=1S/C29H42N8O6/c1-18-25(40)32-14-6-5-13-23(38)35-21(17-19-9-3-2-4-10-19)28(43)37-16-8-12-22(37)26(41)36-20(24(39)27(42)34-18)11-7-15-33-29(30)31/h2-4,9-10,18,20-22H,5-8,11-17H2,1H3,(H,32,40)(H,34,42)(H,35,38)(H,36,41)(H4,30,31,33)/t18-,20+,21-,22+/m1/s1. The Hall–Kier alpha value is -4.49. The first-order valence-corrected chi connectivity index (χ1v) is 14.7. The number of hydrogen-bond acceptors (Lipinski definition) is 7. The number of carbonyl (C=O) groups is 6. The number of carbonyl (C=O) groups excluding carboxylic acids is 6. The van der Waals surface area contributed by atoms with Gasteiger partial charge in [-0.3, -0.25) is 33.8 Å². The molecule has 14 heteroatoms. The molecule has 1 aromatic rings. The molecule has 1 aromatic carbocycles. The highest BCUT2D eigenvalue weighted by Crippen LogP contribution is 2.20. The van der Waals surface area contributed by atoms with E-state index in [0.29, 0.717) is 32.2 Å². The summed E-state index contributed by atoms with van der Waals surface area (Å²) in [6.45, 7) is 2.16. The molecule has 2 aliphatic rings. The van der Waals surface area contributed by atoms with E-state index in [2.05, 4.69) is 26.3 Å². The number of nitrogens with one attached hydrogen (secondary N) is 4. The molecule has 2 fully saturated rings. The molecule has 0 bridgehead atoms. The first-order chi connectivity index (χ1) is 20.6. The second-order valence-corrected chi connectivity index (χ2v) is 10.8. The Bertz CT molecular complexity index is 1200. The van der Waals surface area contributed by atoms with Crippen LogP contribution in [0.5, 0.6) is 0 Å². The predicted molar refractivity (Wildman–Crippen MR) is 158 cm³/mol. The SMILES string of the molecule is C[C@H]1NC(=O)C(=O)[C@H](CCCN=C(N)N)NC(=O)[C@@H]2CCCN2C(=O)[C@@H](Cc2ccccc2)NC(=O)CCCCNC1=O. The van der Waals surface area contributed by atoms with Crippen LogP contribution in [0.15, 0.2) is 35.3 Å². The zero-order chi connectivity index (χ0) is 31.4. The normalized spacial score (nSPS) is 24.8. The van der Waals surface area contributed by atoms with Crippen molar-refractivity contribution in [2.24, 2.45) is 16.5 Å². The predicted octanol–water partition coefficient (Wildman–Crippen LogP) is -1.38. The van der Waals surface area contributed by atoms with Gasteiger partial charge in [0.25, 0.3) is 5.91 Å². The van der Waals surface area contributed by atoms with Crippen molar-refractivity contribution >= 4 is 41.3 Å². The van der Waals surface area contributed by atoms with Crippen molar-refractivity contribution in [3.05, 3.63) is 35.9 Å². The number of fused-ring (bicyclic) bond motifs is 1. The van der Waals surface area contributed by atoms with E-state index >= 15 is 0 Å². The number of rotatable bonds is 6. The van der Waals surface area contributed by atoms with Crippen LogP contribution in [0.25, 0.3) is 0 Å². The van der Waals surface area contributed by atoms with E-state index in [1.807, 2.05) is 30.3 Å². The van der Waals surface area contributed by atoms with Gasteiger partial charge in [-0.25, -0.2) is 0 Å². The third-order valence-electron chi connectivity index (χ3n) is 7.43. The number of guanidine groups is 1. The molecular weight excluding hydrogens is 556 g/mol. The lowest BCUT2D eigenvalue weighted by Gasteiger charge is -2.30. The van der Waals surface area contributed by atoms with E-state index in [4.69, 9.17) is 11.5 Å². The van der Waals surface area contributed by atoms with Gasteiger partial charge < -0.3 is 37.6 Å². The highest BCUT2D eigenvalue weighted by molar-refractivity contribution is 6.38. The van der Waals surface area contributed by atoms with E-state index in [9.17, 15) is 28.8 Å². The van der Waals surface area contributed by atoms with E-state index in [-0.39, 0.29) is 50.6 Å². The van der Waals surface area contributed by atoms with Crippen LogP contribution in [0.2, 0.25) is 0 Å². The molecule has 0 spiro atoms. The Balaban J connectivity index is 1.87. The number of aliphatic imine (C=N–C) groups is 1. The maximum atomic E-state index is 13.8. The van der Waals surface area contributed by atoms with Gasteiger partial charge in [-0.1, -0.05) is 30.3 Å². The van der Waals surface area contributed by atoms with Gasteiger partial charge in [-0.15, -0.1) is 0 Å². The molecule has 4 atom stereocenters. The van der Waals surface area contributed by atoms with Crippen molar-refractivity contribution in [1.29, 1.82) is 0 Å². The first-order valence-electron chi connectivity index (χ1n) is 14.7. The molecule has 43 heavy (non-hydrogen) atoms. The van der Waals surface area contributed by atoms with E-state index < -0.39 is 53.6 Å². The van der Waals surface area contributed by atoms with Crippen LogP contribution >= 0.6 is 0 Å². The summed E-state index contributed by atoms with van der Waals surface area (Å²) in [5.74, 6) is -3.89. The number of Topliss-reactive ketones (excluding diaryl/α,β-unsaturated/α-hetero) is 1. The van der Waals surface area contributed by atoms with Gasteiger partial charge in [-0.2, -0.15) is 0 Å². The zero-order valence-corrected chi connectivity index (χ0v) is 24.5. The zero-order valence-electron chi connectivity index (χ0n) is 24.5. The van der Waals surface area contributed by atoms with Gasteiger partial charge in [0.2, 0.25) is 29.4 Å². The number of hydrogen-bond donors (Lipinski definition) is 6. The minimum absolute atomic E-state index is 0.0444. The van der Waals surface area contributed by atoms with E-state index in [1.165, 1.54) is 11.8 Å². The third-order valence-corrected chi connectivity index (χ3v) is 7.43. The van der Waals surface area contributed by atoms with Crippen molar-refractivity contribution in [3.8, 4) is 0 Å². The van der Waals surface area contributed by atoms with Gasteiger partial charge in [0.15, 0.2) is 5.96 Å². The quantitative estimate of drug-likeness (QED) is 0.0989. The summed E-state index contributed by atoms with van der Waals surface area (Å²) in [6, 6.07) is 5.19. The summed E-state index contributed by atoms with van der Waals surface area (Å²) >= 11 is 0. The number of nitrogens with two attached hydrogens (primary N) is 2. The van der Waals surface area contributed by atoms with Gasteiger partial charge in [0.05, 0.1) is 6.04 Å². The summed E-state index contributed by atoms with van der Waals surface area (Å²) < 4.78 is 0. The van der Waals surface area contributed by atoms with Crippen LogP contribution in [-0.4, -0.2) is 90.0 Å². The fourth-order valence-corrected chi connectivity index (χ4v) is 5.13. The summed E-state index contributed by atoms with van der Waals surface area (Å²) in [5.41, 5.74) is 11.6. The summed E-state index contributed by atoms with van der Waals surface area (Å²) in [4.78, 5) is 84.0. The number of benzene rings is 1. The average Bonchev–Trinajstić information content (AvgIpc) is 3.47. The molecule has 234 valence electrons. The van der Waals surface area contributed by atoms with Gasteiger partial charge in [-0.05, 0) is 51.0 Å². The molecule has 2 heterocycles. The average molecular weight is 599 g/mol. The molecular formula is C29H42N8O6. The molecule has 0 aliphatic carbocycles. The molecule has 14 nitrogen and oxygen atoms in total. The Morgan fingerprint density at radius 1 is 0.930 bits per heavy atom. The van der Waals surface area contributed by atoms with Crippen molar-refractivity contribution < 1.29 is 28.8 Å². The van der Waals surface area contributed by atoms with Crippen molar-refractivity contribution in [1.82, 2.24) is 26.2 Å². The maximum absolute atomic E-state index is 13.8. The Kier molecular flexibility index (Phi) is 12.5. The van der Waals surface area contributed by atoms with Crippen molar-refractivity contribution in [3.63, 3.8) is 0 Å². The van der Waals surface area contributed by atoms with Crippen LogP contribution in [0, 0.1) is 0 Å². The van der Waals surface area contributed by atoms with Gasteiger partial charge >= 0.3 is 0 Å². The lowest BCUT2D eigenvalue weighted by atomic mass is 10.0. The monoisotopic (exact) mass is 598 g/mol. The molecule has 0 unspecified atom stereocenters. The second kappa shape index (κ2) is 16.2. The molecule has 0 saturated carbocycles. The Labute approximate surface area is 250 Å². The minimum Gasteiger partial charge on any atom is -0.370 e. The lowest BCUT2D eigenvalue weighted by molar-refractivity contribution is -0.143. The van der Waals surface area contributed by atoms with Crippen LogP contribution in [-0.2, 0) is 35.2 Å². The summed E-state index contributed by atoms with van der Waals surface area (Å²) in [7, 11) is 0. The molecule has 2 saturated heterocycles. The molecule has 5 amide bonds. The molecule has 0 radical (unpaired) electrons. The number of amides is 5. The van der Waals surface area contributed by atoms with Crippen LogP contribution in [0.1, 0.15) is 57.4 Å². The summed E-state index contributed by atoms with van der Waals surface area (Å²) in [6.07, 6.45) is 2.53. The highest BCUT2D eigenvalue weighted by atomic mass is 16.2. The van der Waals surface area contributed by atoms with E-state index in [1.54, 1.807) is 0 Å². The number of nitrogens with zero attached hydrogens (tertiary/aromatic N) is 2. The van der Waals surface area contributed by atoms with Crippen LogP contribution in [0.4, 0.5) is 0 Å². The lowest BCUT2D eigenvalue weighted by Crippen LogP contribution is -2.57. The highest BCUT2D eigenvalue weighted by Gasteiger charge is 2.39.